The summed E-state index contributed by atoms with van der Waals surface area (Å²) in [5, 5.41) is -0.262. The van der Waals surface area contributed by atoms with Crippen LogP contribution in [0.4, 0.5) is 17.6 Å². The molecule has 0 atom stereocenters. The van der Waals surface area contributed by atoms with Crippen LogP contribution >= 0.6 is 11.6 Å². The first-order chi connectivity index (χ1) is 5.39. The number of alkyl halides is 3. The first-order valence-electron chi connectivity index (χ1n) is 2.93. The molecule has 0 spiro atoms. The number of hydrogen-bond donors (Lipinski definition) is 0. The van der Waals surface area contributed by atoms with Crippen LogP contribution in [0.5, 0.6) is 0 Å². The molecule has 0 amide bonds. The highest BCUT2D eigenvalue weighted by atomic mass is 35.5. The van der Waals surface area contributed by atoms with Crippen molar-refractivity contribution in [2.24, 2.45) is 0 Å². The third-order valence-corrected chi connectivity index (χ3v) is 1.41. The molecule has 1 rings (SSSR count). The maximum absolute atomic E-state index is 12.4. The first-order valence-corrected chi connectivity index (χ1v) is 3.30. The van der Waals surface area contributed by atoms with E-state index < -0.39 is 17.6 Å². The Hall–Kier alpha value is -0.770. The van der Waals surface area contributed by atoms with E-state index in [-0.39, 0.29) is 5.02 Å². The Morgan fingerprint density at radius 1 is 1.08 bits per heavy atom. The van der Waals surface area contributed by atoms with Crippen LogP contribution in [-0.2, 0) is 6.18 Å². The van der Waals surface area contributed by atoms with Gasteiger partial charge in [-0.1, -0.05) is 11.6 Å². The van der Waals surface area contributed by atoms with Crippen LogP contribution < -0.4 is 0 Å². The third-order valence-electron chi connectivity index (χ3n) is 1.19. The highest BCUT2D eigenvalue weighted by Crippen LogP contribution is 2.31. The van der Waals surface area contributed by atoms with Gasteiger partial charge in [0.1, 0.15) is 5.82 Å². The van der Waals surface area contributed by atoms with Gasteiger partial charge in [-0.25, -0.2) is 4.39 Å². The molecular weight excluding hydrogens is 196 g/mol. The van der Waals surface area contributed by atoms with E-state index in [1.54, 1.807) is 0 Å². The van der Waals surface area contributed by atoms with Gasteiger partial charge in [-0.05, 0) is 18.2 Å². The molecule has 0 fully saturated rings. The highest BCUT2D eigenvalue weighted by Gasteiger charge is 2.31. The van der Waals surface area contributed by atoms with Crippen LogP contribution in [0.3, 0.4) is 0 Å². The van der Waals surface area contributed by atoms with Crippen molar-refractivity contribution in [2.75, 3.05) is 0 Å². The zero-order valence-corrected chi connectivity index (χ0v) is 6.38. The van der Waals surface area contributed by atoms with Gasteiger partial charge in [-0.3, -0.25) is 0 Å². The smallest absolute Gasteiger partial charge is 0.207 e. The van der Waals surface area contributed by atoms with Crippen LogP contribution in [0.25, 0.3) is 0 Å². The van der Waals surface area contributed by atoms with Gasteiger partial charge in [0.15, 0.2) is 0 Å². The van der Waals surface area contributed by atoms with Gasteiger partial charge in [-0.15, -0.1) is 0 Å². The summed E-state index contributed by atoms with van der Waals surface area (Å²) in [6, 6.07) is 1.88. The third kappa shape index (κ3) is 2.11. The van der Waals surface area contributed by atoms with Gasteiger partial charge < -0.3 is 0 Å². The monoisotopic (exact) mass is 198 g/mol. The van der Waals surface area contributed by atoms with Crippen molar-refractivity contribution >= 4 is 11.6 Å². The van der Waals surface area contributed by atoms with E-state index in [4.69, 9.17) is 11.6 Å². The molecule has 0 aliphatic carbocycles. The summed E-state index contributed by atoms with van der Waals surface area (Å²) in [6.45, 7) is 0. The minimum Gasteiger partial charge on any atom is -0.207 e. The fourth-order valence-corrected chi connectivity index (χ4v) is 0.939. The van der Waals surface area contributed by atoms with Crippen LogP contribution in [0.2, 0.25) is 5.02 Å². The average molecular weight is 199 g/mol. The van der Waals surface area contributed by atoms with Crippen LogP contribution in [0, 0.1) is 5.82 Å². The quantitative estimate of drug-likeness (QED) is 0.560. The van der Waals surface area contributed by atoms with Gasteiger partial charge in [0.05, 0.1) is 5.56 Å². The lowest BCUT2D eigenvalue weighted by molar-refractivity contribution is -0.137. The lowest BCUT2D eigenvalue weighted by Gasteiger charge is -2.06. The Labute approximate surface area is 70.8 Å². The first kappa shape index (κ1) is 9.32. The zero-order valence-electron chi connectivity index (χ0n) is 5.62. The van der Waals surface area contributed by atoms with Crippen LogP contribution in [0.1, 0.15) is 5.56 Å². The predicted molar refractivity (Wildman–Crippen MR) is 36.4 cm³/mol. The number of halogens is 5. The fourth-order valence-electron chi connectivity index (χ4n) is 0.717. The largest absolute Gasteiger partial charge is 0.416 e. The summed E-state index contributed by atoms with van der Waals surface area (Å²) in [5.41, 5.74) is -1.08. The fraction of sp³-hybridized carbons (Fsp3) is 0.143. The lowest BCUT2D eigenvalue weighted by atomic mass is 10.2. The molecule has 0 aromatic heterocycles. The van der Waals surface area contributed by atoms with Crippen molar-refractivity contribution in [1.29, 1.82) is 0 Å². The van der Waals surface area contributed by atoms with E-state index in [0.29, 0.717) is 12.1 Å². The molecule has 1 aromatic carbocycles. The molecule has 5 heteroatoms. The SMILES string of the molecule is Fc1cc(Cl)cc(C(F)(F)F)c1. The predicted octanol–water partition coefficient (Wildman–Crippen LogP) is 3.50. The second-order valence-corrected chi connectivity index (χ2v) is 2.59. The molecule has 66 valence electrons. The summed E-state index contributed by atoms with van der Waals surface area (Å²) in [6.07, 6.45) is -4.55. The second kappa shape index (κ2) is 2.94. The lowest BCUT2D eigenvalue weighted by Crippen LogP contribution is -2.04. The molecular formula is C7H3ClF4. The van der Waals surface area contributed by atoms with E-state index in [0.717, 1.165) is 6.07 Å². The molecule has 1 aromatic rings. The number of benzene rings is 1. The van der Waals surface area contributed by atoms with Gasteiger partial charge in [-0.2, -0.15) is 13.2 Å². The van der Waals surface area contributed by atoms with Crippen LogP contribution in [-0.4, -0.2) is 0 Å². The Morgan fingerprint density at radius 2 is 1.67 bits per heavy atom. The van der Waals surface area contributed by atoms with Crippen molar-refractivity contribution in [3.63, 3.8) is 0 Å². The molecule has 0 saturated heterocycles. The van der Waals surface area contributed by atoms with Gasteiger partial charge in [0.25, 0.3) is 0 Å². The van der Waals surface area contributed by atoms with Crippen molar-refractivity contribution in [3.8, 4) is 0 Å². The van der Waals surface area contributed by atoms with E-state index in [2.05, 4.69) is 0 Å². The summed E-state index contributed by atoms with van der Waals surface area (Å²) in [4.78, 5) is 0. The van der Waals surface area contributed by atoms with E-state index in [9.17, 15) is 17.6 Å². The molecule has 12 heavy (non-hydrogen) atoms. The van der Waals surface area contributed by atoms with Crippen molar-refractivity contribution < 1.29 is 17.6 Å². The van der Waals surface area contributed by atoms with E-state index >= 15 is 0 Å². The van der Waals surface area contributed by atoms with Gasteiger partial charge >= 0.3 is 6.18 Å². The molecule has 0 aliphatic rings. The zero-order chi connectivity index (χ0) is 9.35. The van der Waals surface area contributed by atoms with Crippen molar-refractivity contribution in [1.82, 2.24) is 0 Å². The highest BCUT2D eigenvalue weighted by molar-refractivity contribution is 6.30. The normalized spacial score (nSPS) is 11.8. The maximum atomic E-state index is 12.4. The molecule has 0 heterocycles. The summed E-state index contributed by atoms with van der Waals surface area (Å²) < 4.78 is 48.1. The molecule has 0 unspecified atom stereocenters. The second-order valence-electron chi connectivity index (χ2n) is 2.16. The topological polar surface area (TPSA) is 0 Å². The van der Waals surface area contributed by atoms with Gasteiger partial charge in [0.2, 0.25) is 0 Å². The Morgan fingerprint density at radius 3 is 2.08 bits per heavy atom. The van der Waals surface area contributed by atoms with Crippen molar-refractivity contribution in [2.45, 2.75) is 6.18 Å². The molecule has 0 saturated carbocycles. The Bertz CT molecular complexity index is 272. The average Bonchev–Trinajstić information content (AvgIpc) is 1.82. The minimum absolute atomic E-state index is 0.262. The van der Waals surface area contributed by atoms with Crippen LogP contribution in [0.15, 0.2) is 18.2 Å². The molecule has 0 aliphatic heterocycles. The maximum Gasteiger partial charge on any atom is 0.416 e. The molecule has 0 nitrogen and oxygen atoms in total. The summed E-state index contributed by atoms with van der Waals surface area (Å²) >= 11 is 5.22. The van der Waals surface area contributed by atoms with E-state index in [1.807, 2.05) is 0 Å². The van der Waals surface area contributed by atoms with Gasteiger partial charge in [0, 0.05) is 5.02 Å². The molecule has 0 bridgehead atoms. The number of hydrogen-bond acceptors (Lipinski definition) is 0. The molecule has 0 radical (unpaired) electrons. The van der Waals surface area contributed by atoms with Crippen molar-refractivity contribution in [3.05, 3.63) is 34.6 Å². The van der Waals surface area contributed by atoms with E-state index in [1.165, 1.54) is 0 Å². The number of rotatable bonds is 0. The standard InChI is InChI=1S/C7H3ClF4/c8-5-1-4(7(10,11)12)2-6(9)3-5/h1-3H. The summed E-state index contributed by atoms with van der Waals surface area (Å²) in [7, 11) is 0. The Kier molecular flexibility index (Phi) is 2.28. The minimum atomic E-state index is -4.55. The Balaban J connectivity index is 3.18. The summed E-state index contributed by atoms with van der Waals surface area (Å²) in [5.74, 6) is -0.991. The molecule has 0 N–H and O–H groups in total.